The number of rotatable bonds is 3. The van der Waals surface area contributed by atoms with E-state index >= 15 is 0 Å². The fraction of sp³-hybridized carbons (Fsp3) is 0.636. The zero-order valence-corrected chi connectivity index (χ0v) is 9.08. The van der Waals surface area contributed by atoms with Crippen LogP contribution in [0.15, 0.2) is 23.8 Å². The predicted octanol–water partition coefficient (Wildman–Crippen LogP) is 1.98. The van der Waals surface area contributed by atoms with Crippen molar-refractivity contribution >= 4 is 12.6 Å². The minimum atomic E-state index is 0.142. The number of ether oxygens (including phenoxy) is 2. The highest BCUT2D eigenvalue weighted by atomic mass is 32.1. The summed E-state index contributed by atoms with van der Waals surface area (Å²) < 4.78 is 11.2. The Labute approximate surface area is 90.4 Å². The Morgan fingerprint density at radius 2 is 2.07 bits per heavy atom. The van der Waals surface area contributed by atoms with Crippen molar-refractivity contribution in [1.29, 1.82) is 0 Å². The van der Waals surface area contributed by atoms with Gasteiger partial charge in [0.25, 0.3) is 0 Å². The molecule has 3 heteroatoms. The molecule has 0 saturated carbocycles. The number of fused-ring (bicyclic) bond motifs is 1. The van der Waals surface area contributed by atoms with E-state index in [1.54, 1.807) is 0 Å². The maximum atomic E-state index is 5.62. The second kappa shape index (κ2) is 5.01. The molecule has 0 aromatic carbocycles. The minimum absolute atomic E-state index is 0.142. The summed E-state index contributed by atoms with van der Waals surface area (Å²) >= 11 is 4.21. The van der Waals surface area contributed by atoms with Gasteiger partial charge in [0, 0.05) is 0 Å². The van der Waals surface area contributed by atoms with Crippen molar-refractivity contribution in [2.75, 3.05) is 19.0 Å². The highest BCUT2D eigenvalue weighted by Gasteiger charge is 2.25. The van der Waals surface area contributed by atoms with Gasteiger partial charge in [-0.05, 0) is 30.2 Å². The van der Waals surface area contributed by atoms with Crippen LogP contribution < -0.4 is 0 Å². The third-order valence-electron chi connectivity index (χ3n) is 2.53. The Hall–Kier alpha value is -0.250. The molecule has 0 aromatic heterocycles. The monoisotopic (exact) mass is 212 g/mol. The molecule has 78 valence electrons. The first-order valence-electron chi connectivity index (χ1n) is 5.13. The molecule has 2 aliphatic rings. The molecular weight excluding hydrogens is 196 g/mol. The van der Waals surface area contributed by atoms with Crippen LogP contribution in [-0.4, -0.2) is 31.2 Å². The summed E-state index contributed by atoms with van der Waals surface area (Å²) in [5.41, 5.74) is 1.35. The molecule has 1 aliphatic carbocycles. The first-order valence-corrected chi connectivity index (χ1v) is 5.76. The van der Waals surface area contributed by atoms with Gasteiger partial charge in [0.2, 0.25) is 0 Å². The molecular formula is C11H16O2S. The summed E-state index contributed by atoms with van der Waals surface area (Å²) in [5.74, 6) is 0.941. The molecule has 1 fully saturated rings. The lowest BCUT2D eigenvalue weighted by Crippen LogP contribution is -2.37. The number of thiol groups is 1. The van der Waals surface area contributed by atoms with Crippen molar-refractivity contribution in [3.63, 3.8) is 0 Å². The summed E-state index contributed by atoms with van der Waals surface area (Å²) in [6, 6.07) is 0. The van der Waals surface area contributed by atoms with E-state index in [2.05, 4.69) is 30.9 Å². The van der Waals surface area contributed by atoms with Gasteiger partial charge < -0.3 is 9.47 Å². The fourth-order valence-electron chi connectivity index (χ4n) is 1.80. The number of hydrogen-bond acceptors (Lipinski definition) is 3. The molecule has 0 N–H and O–H groups in total. The van der Waals surface area contributed by atoms with Gasteiger partial charge in [0.1, 0.15) is 12.2 Å². The van der Waals surface area contributed by atoms with E-state index in [4.69, 9.17) is 9.47 Å². The topological polar surface area (TPSA) is 18.5 Å². The summed E-state index contributed by atoms with van der Waals surface area (Å²) in [6.07, 6.45) is 8.95. The third kappa shape index (κ3) is 2.41. The van der Waals surface area contributed by atoms with E-state index in [-0.39, 0.29) is 12.2 Å². The zero-order chi connectivity index (χ0) is 9.80. The van der Waals surface area contributed by atoms with E-state index in [0.29, 0.717) is 13.2 Å². The molecule has 0 radical (unpaired) electrons. The summed E-state index contributed by atoms with van der Waals surface area (Å²) in [4.78, 5) is 0. The quantitative estimate of drug-likeness (QED) is 0.721. The van der Waals surface area contributed by atoms with Crippen LogP contribution in [0.4, 0.5) is 0 Å². The molecule has 0 amide bonds. The van der Waals surface area contributed by atoms with Crippen molar-refractivity contribution in [1.82, 2.24) is 0 Å². The van der Waals surface area contributed by atoms with Crippen LogP contribution in [0.25, 0.3) is 0 Å². The second-order valence-electron chi connectivity index (χ2n) is 3.60. The molecule has 0 aromatic rings. The van der Waals surface area contributed by atoms with Crippen molar-refractivity contribution in [3.8, 4) is 0 Å². The molecule has 1 heterocycles. The van der Waals surface area contributed by atoms with Crippen molar-refractivity contribution in [3.05, 3.63) is 23.8 Å². The molecule has 14 heavy (non-hydrogen) atoms. The van der Waals surface area contributed by atoms with Gasteiger partial charge in [-0.15, -0.1) is 0 Å². The smallest absolute Gasteiger partial charge is 0.106 e. The summed E-state index contributed by atoms with van der Waals surface area (Å²) in [5, 5.41) is 0. The first kappa shape index (κ1) is 10.3. The Balaban J connectivity index is 1.94. The Kier molecular flexibility index (Phi) is 3.67. The van der Waals surface area contributed by atoms with Crippen LogP contribution in [0.1, 0.15) is 12.8 Å². The maximum absolute atomic E-state index is 5.62. The lowest BCUT2D eigenvalue weighted by Gasteiger charge is -2.30. The second-order valence-corrected chi connectivity index (χ2v) is 4.05. The lowest BCUT2D eigenvalue weighted by molar-refractivity contribution is -0.102. The zero-order valence-electron chi connectivity index (χ0n) is 8.19. The standard InChI is InChI=1S/C11H16O2S/c14-7-1-2-9-3-4-10-11(8-9)13-6-5-12-10/h3-4,8,10-11,14H,1-2,5-7H2. The minimum Gasteiger partial charge on any atom is -0.369 e. The normalized spacial score (nSPS) is 31.1. The molecule has 2 rings (SSSR count). The Morgan fingerprint density at radius 3 is 2.86 bits per heavy atom. The molecule has 2 unspecified atom stereocenters. The van der Waals surface area contributed by atoms with Gasteiger partial charge in [-0.3, -0.25) is 0 Å². The van der Waals surface area contributed by atoms with Gasteiger partial charge >= 0.3 is 0 Å². The van der Waals surface area contributed by atoms with Gasteiger partial charge in [0.15, 0.2) is 0 Å². The highest BCUT2D eigenvalue weighted by molar-refractivity contribution is 7.80. The van der Waals surface area contributed by atoms with E-state index < -0.39 is 0 Å². The van der Waals surface area contributed by atoms with Crippen LogP contribution in [0.2, 0.25) is 0 Å². The van der Waals surface area contributed by atoms with E-state index in [1.165, 1.54) is 5.57 Å². The van der Waals surface area contributed by atoms with Crippen LogP contribution in [0.3, 0.4) is 0 Å². The Bertz CT molecular complexity index is 248. The first-order chi connectivity index (χ1) is 6.90. The lowest BCUT2D eigenvalue weighted by atomic mass is 9.98. The summed E-state index contributed by atoms with van der Waals surface area (Å²) in [7, 11) is 0. The van der Waals surface area contributed by atoms with E-state index in [1.807, 2.05) is 0 Å². The molecule has 0 bridgehead atoms. The van der Waals surface area contributed by atoms with Gasteiger partial charge in [-0.25, -0.2) is 0 Å². The largest absolute Gasteiger partial charge is 0.369 e. The Morgan fingerprint density at radius 1 is 1.29 bits per heavy atom. The molecule has 2 nitrogen and oxygen atoms in total. The maximum Gasteiger partial charge on any atom is 0.106 e. The van der Waals surface area contributed by atoms with Crippen LogP contribution in [-0.2, 0) is 9.47 Å². The fourth-order valence-corrected chi connectivity index (χ4v) is 1.96. The van der Waals surface area contributed by atoms with Crippen molar-refractivity contribution in [2.45, 2.75) is 25.0 Å². The molecule has 1 saturated heterocycles. The van der Waals surface area contributed by atoms with Gasteiger partial charge in [-0.1, -0.05) is 12.2 Å². The SMILES string of the molecule is SCCCC1=CC2OCCOC2C=C1. The van der Waals surface area contributed by atoms with E-state index in [0.717, 1.165) is 18.6 Å². The molecule has 2 atom stereocenters. The number of allylic oxidation sites excluding steroid dienone is 2. The third-order valence-corrected chi connectivity index (χ3v) is 2.85. The van der Waals surface area contributed by atoms with Gasteiger partial charge in [0.05, 0.1) is 13.2 Å². The molecule has 0 spiro atoms. The van der Waals surface area contributed by atoms with Crippen molar-refractivity contribution < 1.29 is 9.47 Å². The van der Waals surface area contributed by atoms with Crippen LogP contribution >= 0.6 is 12.6 Å². The average Bonchev–Trinajstić information content (AvgIpc) is 2.26. The van der Waals surface area contributed by atoms with Crippen LogP contribution in [0, 0.1) is 0 Å². The summed E-state index contributed by atoms with van der Waals surface area (Å²) in [6.45, 7) is 1.43. The average molecular weight is 212 g/mol. The van der Waals surface area contributed by atoms with Crippen molar-refractivity contribution in [2.24, 2.45) is 0 Å². The molecule has 1 aliphatic heterocycles. The number of hydrogen-bond donors (Lipinski definition) is 1. The van der Waals surface area contributed by atoms with E-state index in [9.17, 15) is 0 Å². The highest BCUT2D eigenvalue weighted by Crippen LogP contribution is 2.22. The predicted molar refractivity (Wildman–Crippen MR) is 59.8 cm³/mol. The van der Waals surface area contributed by atoms with Crippen LogP contribution in [0.5, 0.6) is 0 Å². The van der Waals surface area contributed by atoms with Gasteiger partial charge in [-0.2, -0.15) is 12.6 Å².